The van der Waals surface area contributed by atoms with Crippen molar-refractivity contribution in [3.05, 3.63) is 75.6 Å². The number of carbonyl (C=O) groups excluding carboxylic acids is 1. The molecule has 0 fully saturated rings. The molecule has 0 amide bonds. The number of allylic oxidation sites excluding steroid dienone is 1. The fourth-order valence-electron chi connectivity index (χ4n) is 2.73. The van der Waals surface area contributed by atoms with Crippen molar-refractivity contribution < 1.29 is 13.9 Å². The monoisotopic (exact) mass is 316 g/mol. The second kappa shape index (κ2) is 5.93. The molecular weight excluding hydrogens is 303 g/mol. The Balaban J connectivity index is 2.14. The molecule has 4 heteroatoms. The lowest BCUT2D eigenvalue weighted by atomic mass is 9.86. The molecule has 0 heterocycles. The number of aryl methyl sites for hydroxylation is 1. The Kier molecular flexibility index (Phi) is 3.99. The van der Waals surface area contributed by atoms with Crippen molar-refractivity contribution in [3.8, 4) is 0 Å². The van der Waals surface area contributed by atoms with Crippen molar-refractivity contribution in [2.45, 2.75) is 12.8 Å². The number of carbonyl (C=O) groups is 1. The largest absolute Gasteiger partial charge is 0.465 e. The SMILES string of the molecule is COC(=O)c1ccc2c(c1)C(c1cc(Cl)ccc1F)=CCC2. The first-order valence-corrected chi connectivity index (χ1v) is 7.35. The van der Waals surface area contributed by atoms with Gasteiger partial charge in [0, 0.05) is 10.6 Å². The molecule has 0 bridgehead atoms. The van der Waals surface area contributed by atoms with Gasteiger partial charge in [-0.1, -0.05) is 23.7 Å². The molecule has 0 N–H and O–H groups in total. The first kappa shape index (κ1) is 14.8. The van der Waals surface area contributed by atoms with Crippen molar-refractivity contribution >= 4 is 23.1 Å². The van der Waals surface area contributed by atoms with Crippen LogP contribution in [0.25, 0.3) is 5.57 Å². The molecule has 1 aliphatic rings. The van der Waals surface area contributed by atoms with Crippen LogP contribution in [0, 0.1) is 5.82 Å². The highest BCUT2D eigenvalue weighted by Crippen LogP contribution is 2.34. The van der Waals surface area contributed by atoms with E-state index < -0.39 is 5.97 Å². The fraction of sp³-hybridized carbons (Fsp3) is 0.167. The number of fused-ring (bicyclic) bond motifs is 1. The van der Waals surface area contributed by atoms with Gasteiger partial charge in [0.15, 0.2) is 0 Å². The number of methoxy groups -OCH3 is 1. The maximum absolute atomic E-state index is 14.2. The molecule has 0 atom stereocenters. The van der Waals surface area contributed by atoms with Gasteiger partial charge in [-0.3, -0.25) is 0 Å². The van der Waals surface area contributed by atoms with Crippen LogP contribution in [0.15, 0.2) is 42.5 Å². The minimum absolute atomic E-state index is 0.327. The summed E-state index contributed by atoms with van der Waals surface area (Å²) in [6.45, 7) is 0. The van der Waals surface area contributed by atoms with Crippen LogP contribution in [0.1, 0.15) is 33.5 Å². The maximum Gasteiger partial charge on any atom is 0.337 e. The molecule has 2 nitrogen and oxygen atoms in total. The minimum Gasteiger partial charge on any atom is -0.465 e. The number of rotatable bonds is 2. The highest BCUT2D eigenvalue weighted by Gasteiger charge is 2.19. The van der Waals surface area contributed by atoms with Gasteiger partial charge in [-0.25, -0.2) is 9.18 Å². The molecule has 2 aromatic carbocycles. The van der Waals surface area contributed by atoms with Crippen LogP contribution in [-0.2, 0) is 11.2 Å². The van der Waals surface area contributed by atoms with Gasteiger partial charge in [-0.15, -0.1) is 0 Å². The quantitative estimate of drug-likeness (QED) is 0.754. The van der Waals surface area contributed by atoms with Crippen LogP contribution in [-0.4, -0.2) is 13.1 Å². The van der Waals surface area contributed by atoms with E-state index in [1.54, 1.807) is 18.2 Å². The Morgan fingerprint density at radius 3 is 2.77 bits per heavy atom. The molecule has 0 aliphatic heterocycles. The van der Waals surface area contributed by atoms with E-state index in [2.05, 4.69) is 0 Å². The molecule has 0 saturated carbocycles. The molecular formula is C18H14ClFO2. The molecule has 112 valence electrons. The van der Waals surface area contributed by atoms with Crippen LogP contribution < -0.4 is 0 Å². The third kappa shape index (κ3) is 2.64. The number of halogens is 2. The topological polar surface area (TPSA) is 26.3 Å². The zero-order chi connectivity index (χ0) is 15.7. The van der Waals surface area contributed by atoms with E-state index in [9.17, 15) is 9.18 Å². The number of esters is 1. The summed E-state index contributed by atoms with van der Waals surface area (Å²) in [7, 11) is 1.34. The lowest BCUT2D eigenvalue weighted by Crippen LogP contribution is -2.07. The normalized spacial score (nSPS) is 13.3. The summed E-state index contributed by atoms with van der Waals surface area (Å²) in [4.78, 5) is 11.7. The standard InChI is InChI=1S/C18H14ClFO2/c1-22-18(21)12-6-5-11-3-2-4-14(15(11)9-12)16-10-13(19)7-8-17(16)20/h4-10H,2-3H2,1H3. The van der Waals surface area contributed by atoms with Gasteiger partial charge in [0.1, 0.15) is 5.82 Å². The second-order valence-electron chi connectivity index (χ2n) is 5.14. The minimum atomic E-state index is -0.403. The predicted octanol–water partition coefficient (Wildman–Crippen LogP) is 4.64. The van der Waals surface area contributed by atoms with E-state index in [4.69, 9.17) is 16.3 Å². The number of hydrogen-bond acceptors (Lipinski definition) is 2. The Morgan fingerprint density at radius 2 is 2.00 bits per heavy atom. The van der Waals surface area contributed by atoms with Gasteiger partial charge in [-0.05, 0) is 59.9 Å². The smallest absolute Gasteiger partial charge is 0.337 e. The number of ether oxygens (including phenoxy) is 1. The van der Waals surface area contributed by atoms with Crippen molar-refractivity contribution in [3.63, 3.8) is 0 Å². The summed E-state index contributed by atoms with van der Waals surface area (Å²) in [6, 6.07) is 9.89. The molecule has 0 saturated heterocycles. The van der Waals surface area contributed by atoms with Gasteiger partial charge in [-0.2, -0.15) is 0 Å². The summed E-state index contributed by atoms with van der Waals surface area (Å²) in [5.74, 6) is -0.730. The van der Waals surface area contributed by atoms with Gasteiger partial charge in [0.05, 0.1) is 12.7 Å². The Hall–Kier alpha value is -2.13. The highest BCUT2D eigenvalue weighted by molar-refractivity contribution is 6.30. The summed E-state index contributed by atoms with van der Waals surface area (Å²) in [6.07, 6.45) is 3.67. The van der Waals surface area contributed by atoms with Crippen LogP contribution in [0.3, 0.4) is 0 Å². The molecule has 22 heavy (non-hydrogen) atoms. The number of hydrogen-bond donors (Lipinski definition) is 0. The third-order valence-corrected chi connectivity index (χ3v) is 4.04. The predicted molar refractivity (Wildman–Crippen MR) is 84.6 cm³/mol. The summed E-state index contributed by atoms with van der Waals surface area (Å²) >= 11 is 6.00. The van der Waals surface area contributed by atoms with Gasteiger partial charge >= 0.3 is 5.97 Å². The van der Waals surface area contributed by atoms with Crippen LogP contribution in [0.4, 0.5) is 4.39 Å². The van der Waals surface area contributed by atoms with Crippen molar-refractivity contribution in [2.24, 2.45) is 0 Å². The van der Waals surface area contributed by atoms with Gasteiger partial charge in [0.25, 0.3) is 0 Å². The maximum atomic E-state index is 14.2. The van der Waals surface area contributed by atoms with E-state index in [1.165, 1.54) is 19.2 Å². The first-order chi connectivity index (χ1) is 10.6. The van der Waals surface area contributed by atoms with Crippen LogP contribution in [0.2, 0.25) is 5.02 Å². The Bertz CT molecular complexity index is 781. The van der Waals surface area contributed by atoms with Gasteiger partial charge < -0.3 is 4.74 Å². The molecule has 1 aliphatic carbocycles. The fourth-order valence-corrected chi connectivity index (χ4v) is 2.90. The lowest BCUT2D eigenvalue weighted by molar-refractivity contribution is 0.0600. The number of benzene rings is 2. The zero-order valence-electron chi connectivity index (χ0n) is 12.0. The third-order valence-electron chi connectivity index (χ3n) is 3.80. The lowest BCUT2D eigenvalue weighted by Gasteiger charge is -2.19. The Labute approximate surface area is 133 Å². The molecule has 0 radical (unpaired) electrons. The second-order valence-corrected chi connectivity index (χ2v) is 5.58. The molecule has 2 aromatic rings. The molecule has 0 aromatic heterocycles. The van der Waals surface area contributed by atoms with Crippen LogP contribution >= 0.6 is 11.6 Å². The zero-order valence-corrected chi connectivity index (χ0v) is 12.8. The molecule has 0 unspecified atom stereocenters. The molecule has 3 rings (SSSR count). The van der Waals surface area contributed by atoms with E-state index in [1.807, 2.05) is 12.1 Å². The van der Waals surface area contributed by atoms with Crippen LogP contribution in [0.5, 0.6) is 0 Å². The van der Waals surface area contributed by atoms with E-state index in [0.717, 1.165) is 29.5 Å². The van der Waals surface area contributed by atoms with E-state index in [0.29, 0.717) is 16.1 Å². The summed E-state index contributed by atoms with van der Waals surface area (Å²) in [5.41, 5.74) is 3.62. The van der Waals surface area contributed by atoms with Gasteiger partial charge in [0.2, 0.25) is 0 Å². The average molecular weight is 317 g/mol. The van der Waals surface area contributed by atoms with Crippen molar-refractivity contribution in [1.29, 1.82) is 0 Å². The first-order valence-electron chi connectivity index (χ1n) is 6.97. The summed E-state index contributed by atoms with van der Waals surface area (Å²) in [5, 5.41) is 0.480. The molecule has 0 spiro atoms. The Morgan fingerprint density at radius 1 is 1.18 bits per heavy atom. The average Bonchev–Trinajstić information content (AvgIpc) is 2.55. The highest BCUT2D eigenvalue weighted by atomic mass is 35.5. The van der Waals surface area contributed by atoms with Crippen molar-refractivity contribution in [2.75, 3.05) is 7.11 Å². The summed E-state index contributed by atoms with van der Waals surface area (Å²) < 4.78 is 18.9. The van der Waals surface area contributed by atoms with E-state index in [-0.39, 0.29) is 5.82 Å². The van der Waals surface area contributed by atoms with Crippen molar-refractivity contribution in [1.82, 2.24) is 0 Å². The van der Waals surface area contributed by atoms with E-state index >= 15 is 0 Å².